The first-order valence-corrected chi connectivity index (χ1v) is 7.05. The highest BCUT2D eigenvalue weighted by Gasteiger charge is 2.22. The van der Waals surface area contributed by atoms with Crippen LogP contribution in [-0.4, -0.2) is 34.8 Å². The van der Waals surface area contributed by atoms with Gasteiger partial charge < -0.3 is 10.4 Å². The molecule has 0 spiro atoms. The average molecular weight is 233 g/mol. The van der Waals surface area contributed by atoms with Crippen molar-refractivity contribution in [3.63, 3.8) is 0 Å². The normalized spacial score (nSPS) is 17.8. The fourth-order valence-corrected chi connectivity index (χ4v) is 2.42. The molecule has 0 aliphatic carbocycles. The zero-order valence-electron chi connectivity index (χ0n) is 10.8. The molecule has 2 unspecified atom stereocenters. The topological polar surface area (TPSA) is 32.3 Å². The van der Waals surface area contributed by atoms with Crippen molar-refractivity contribution >= 4 is 11.8 Å². The molecule has 0 saturated carbocycles. The van der Waals surface area contributed by atoms with Crippen molar-refractivity contribution in [2.45, 2.75) is 52.6 Å². The molecule has 0 aliphatic rings. The van der Waals surface area contributed by atoms with Crippen LogP contribution in [0, 0.1) is 5.92 Å². The smallest absolute Gasteiger partial charge is 0.0610 e. The number of aliphatic hydroxyl groups excluding tert-OH is 1. The second kappa shape index (κ2) is 7.53. The summed E-state index contributed by atoms with van der Waals surface area (Å²) in [5, 5.41) is 12.8. The Morgan fingerprint density at radius 3 is 2.27 bits per heavy atom. The average Bonchev–Trinajstić information content (AvgIpc) is 2.17. The number of hydrogen-bond donors (Lipinski definition) is 2. The summed E-state index contributed by atoms with van der Waals surface area (Å²) in [4.78, 5) is 0. The van der Waals surface area contributed by atoms with Crippen LogP contribution >= 0.6 is 11.8 Å². The Morgan fingerprint density at radius 1 is 1.27 bits per heavy atom. The minimum Gasteiger partial charge on any atom is -0.394 e. The summed E-state index contributed by atoms with van der Waals surface area (Å²) in [6.07, 6.45) is 0.961. The third-order valence-corrected chi connectivity index (χ3v) is 4.18. The molecule has 0 aliphatic heterocycles. The van der Waals surface area contributed by atoms with E-state index in [1.165, 1.54) is 5.75 Å². The predicted octanol–water partition coefficient (Wildman–Crippen LogP) is 2.51. The van der Waals surface area contributed by atoms with Crippen molar-refractivity contribution in [2.75, 3.05) is 18.1 Å². The molecule has 0 radical (unpaired) electrons. The molecule has 0 aromatic carbocycles. The number of rotatable bonds is 8. The van der Waals surface area contributed by atoms with E-state index < -0.39 is 0 Å². The molecule has 0 fully saturated rings. The third-order valence-electron chi connectivity index (χ3n) is 2.54. The van der Waals surface area contributed by atoms with E-state index in [2.05, 4.69) is 39.9 Å². The van der Waals surface area contributed by atoms with Crippen LogP contribution in [0.4, 0.5) is 0 Å². The first-order chi connectivity index (χ1) is 6.93. The lowest BCUT2D eigenvalue weighted by molar-refractivity contribution is 0.162. The van der Waals surface area contributed by atoms with Gasteiger partial charge in [0.1, 0.15) is 0 Å². The molecule has 3 heteroatoms. The largest absolute Gasteiger partial charge is 0.394 e. The quantitative estimate of drug-likeness (QED) is 0.676. The summed E-state index contributed by atoms with van der Waals surface area (Å²) in [5.41, 5.74) is -0.113. The summed E-state index contributed by atoms with van der Waals surface area (Å²) >= 11 is 1.99. The van der Waals surface area contributed by atoms with Crippen LogP contribution in [0.25, 0.3) is 0 Å². The van der Waals surface area contributed by atoms with Crippen LogP contribution in [0.2, 0.25) is 0 Å². The van der Waals surface area contributed by atoms with Gasteiger partial charge in [0.05, 0.1) is 6.61 Å². The molecular weight excluding hydrogens is 206 g/mol. The molecule has 0 aromatic rings. The molecule has 0 aromatic heterocycles. The van der Waals surface area contributed by atoms with Gasteiger partial charge in [-0.1, -0.05) is 20.8 Å². The highest BCUT2D eigenvalue weighted by atomic mass is 32.2. The van der Waals surface area contributed by atoms with Gasteiger partial charge >= 0.3 is 0 Å². The molecule has 2 atom stereocenters. The van der Waals surface area contributed by atoms with Gasteiger partial charge in [0.2, 0.25) is 0 Å². The summed E-state index contributed by atoms with van der Waals surface area (Å²) in [5.74, 6) is 3.10. The maximum absolute atomic E-state index is 9.28. The van der Waals surface area contributed by atoms with Crippen molar-refractivity contribution < 1.29 is 5.11 Å². The molecular formula is C12H27NOS. The molecule has 92 valence electrons. The monoisotopic (exact) mass is 233 g/mol. The summed E-state index contributed by atoms with van der Waals surface area (Å²) in [6.45, 7) is 11.1. The molecule has 0 heterocycles. The van der Waals surface area contributed by atoms with Crippen molar-refractivity contribution in [3.05, 3.63) is 0 Å². The van der Waals surface area contributed by atoms with Crippen molar-refractivity contribution in [1.29, 1.82) is 0 Å². The molecule has 15 heavy (non-hydrogen) atoms. The van der Waals surface area contributed by atoms with Crippen LogP contribution in [0.15, 0.2) is 0 Å². The number of aliphatic hydroxyl groups is 1. The van der Waals surface area contributed by atoms with Gasteiger partial charge in [-0.25, -0.2) is 0 Å². The fourth-order valence-electron chi connectivity index (χ4n) is 1.38. The molecule has 0 saturated heterocycles. The van der Waals surface area contributed by atoms with Gasteiger partial charge in [-0.15, -0.1) is 0 Å². The zero-order chi connectivity index (χ0) is 11.9. The Hall–Kier alpha value is 0.270. The number of nitrogens with one attached hydrogen (secondary N) is 1. The SMILES string of the molecule is CCC(C)(CO)NC(C)CSCC(C)C. The lowest BCUT2D eigenvalue weighted by Crippen LogP contribution is -2.50. The highest BCUT2D eigenvalue weighted by Crippen LogP contribution is 2.13. The van der Waals surface area contributed by atoms with E-state index >= 15 is 0 Å². The molecule has 2 N–H and O–H groups in total. The minimum absolute atomic E-state index is 0.113. The van der Waals surface area contributed by atoms with Crippen LogP contribution in [0.1, 0.15) is 41.0 Å². The number of thioether (sulfide) groups is 1. The molecule has 0 amide bonds. The highest BCUT2D eigenvalue weighted by molar-refractivity contribution is 7.99. The third kappa shape index (κ3) is 7.20. The zero-order valence-corrected chi connectivity index (χ0v) is 11.7. The van der Waals surface area contributed by atoms with Crippen LogP contribution in [0.3, 0.4) is 0 Å². The number of hydrogen-bond acceptors (Lipinski definition) is 3. The van der Waals surface area contributed by atoms with E-state index in [0.29, 0.717) is 6.04 Å². The summed E-state index contributed by atoms with van der Waals surface area (Å²) in [6, 6.07) is 0.464. The summed E-state index contributed by atoms with van der Waals surface area (Å²) < 4.78 is 0. The van der Waals surface area contributed by atoms with Crippen molar-refractivity contribution in [1.82, 2.24) is 5.32 Å². The van der Waals surface area contributed by atoms with E-state index in [1.54, 1.807) is 0 Å². The van der Waals surface area contributed by atoms with Gasteiger partial charge in [0.25, 0.3) is 0 Å². The fraction of sp³-hybridized carbons (Fsp3) is 1.00. The Labute approximate surface area is 99.2 Å². The molecule has 0 bridgehead atoms. The second-order valence-electron chi connectivity index (χ2n) is 5.05. The Bertz CT molecular complexity index is 158. The van der Waals surface area contributed by atoms with Gasteiger partial charge in [-0.3, -0.25) is 0 Å². The van der Waals surface area contributed by atoms with E-state index in [-0.39, 0.29) is 12.1 Å². The molecule has 2 nitrogen and oxygen atoms in total. The van der Waals surface area contributed by atoms with Gasteiger partial charge in [0, 0.05) is 17.3 Å². The van der Waals surface area contributed by atoms with Gasteiger partial charge in [-0.05, 0) is 31.9 Å². The van der Waals surface area contributed by atoms with E-state index in [0.717, 1.165) is 18.1 Å². The lowest BCUT2D eigenvalue weighted by atomic mass is 9.99. The molecule has 0 rings (SSSR count). The predicted molar refractivity (Wildman–Crippen MR) is 70.5 cm³/mol. The second-order valence-corrected chi connectivity index (χ2v) is 6.12. The van der Waals surface area contributed by atoms with Crippen LogP contribution < -0.4 is 5.32 Å². The lowest BCUT2D eigenvalue weighted by Gasteiger charge is -2.31. The van der Waals surface area contributed by atoms with Crippen molar-refractivity contribution in [2.24, 2.45) is 5.92 Å². The van der Waals surface area contributed by atoms with Crippen molar-refractivity contribution in [3.8, 4) is 0 Å². The van der Waals surface area contributed by atoms with E-state index in [1.807, 2.05) is 11.8 Å². The van der Waals surface area contributed by atoms with Gasteiger partial charge in [-0.2, -0.15) is 11.8 Å². The van der Waals surface area contributed by atoms with Gasteiger partial charge in [0.15, 0.2) is 0 Å². The maximum Gasteiger partial charge on any atom is 0.0610 e. The standard InChI is InChI=1S/C12H27NOS/c1-6-12(5,9-14)13-11(4)8-15-7-10(2)3/h10-11,13-14H,6-9H2,1-5H3. The minimum atomic E-state index is -0.113. The Balaban J connectivity index is 3.76. The first-order valence-electron chi connectivity index (χ1n) is 5.90. The Morgan fingerprint density at radius 2 is 1.87 bits per heavy atom. The van der Waals surface area contributed by atoms with E-state index in [4.69, 9.17) is 0 Å². The summed E-state index contributed by atoms with van der Waals surface area (Å²) in [7, 11) is 0. The van der Waals surface area contributed by atoms with Crippen LogP contribution in [-0.2, 0) is 0 Å². The Kier molecular flexibility index (Phi) is 7.66. The van der Waals surface area contributed by atoms with E-state index in [9.17, 15) is 5.11 Å². The first kappa shape index (κ1) is 15.3. The maximum atomic E-state index is 9.28. The van der Waals surface area contributed by atoms with Crippen LogP contribution in [0.5, 0.6) is 0 Å².